The van der Waals surface area contributed by atoms with Crippen LogP contribution in [0.15, 0.2) is 44.9 Å². The minimum atomic E-state index is -4.22. The molecule has 10 atom stereocenters. The summed E-state index contributed by atoms with van der Waals surface area (Å²) in [5.41, 5.74) is 0.338. The van der Waals surface area contributed by atoms with Crippen molar-refractivity contribution in [2.45, 2.75) is 114 Å². The molecule has 4 saturated carbocycles. The predicted octanol–water partition coefficient (Wildman–Crippen LogP) is 4.82. The van der Waals surface area contributed by atoms with Crippen LogP contribution in [0, 0.1) is 63.6 Å². The quantitative estimate of drug-likeness (QED) is 0.162. The molecule has 11 nitrogen and oxygen atoms in total. The largest absolute Gasteiger partial charge is 0.453 e. The molecule has 262 valence electrons. The highest BCUT2D eigenvalue weighted by Gasteiger charge is 2.62. The van der Waals surface area contributed by atoms with Crippen LogP contribution in [-0.2, 0) is 19.4 Å². The molecule has 2 aromatic rings. The highest BCUT2D eigenvalue weighted by atomic mass is 32.2. The maximum Gasteiger partial charge on any atom is 0.415 e. The number of sulfone groups is 1. The van der Waals surface area contributed by atoms with Gasteiger partial charge in [0, 0.05) is 12.8 Å². The van der Waals surface area contributed by atoms with Crippen LogP contribution in [0.4, 0.5) is 0 Å². The molecule has 6 rings (SSSR count). The Bertz CT molecular complexity index is 1640. The van der Waals surface area contributed by atoms with Gasteiger partial charge in [0.05, 0.1) is 22.3 Å². The van der Waals surface area contributed by atoms with Crippen LogP contribution < -0.4 is 9.64 Å². The van der Waals surface area contributed by atoms with Crippen LogP contribution in [-0.4, -0.2) is 48.6 Å². The van der Waals surface area contributed by atoms with Gasteiger partial charge in [-0.3, -0.25) is 9.42 Å². The minimum Gasteiger partial charge on any atom is -0.453 e. The molecule has 48 heavy (non-hydrogen) atoms. The molecule has 0 radical (unpaired) electrons. The molecular weight excluding hydrogens is 636 g/mol. The van der Waals surface area contributed by atoms with Crippen molar-refractivity contribution >= 4 is 15.8 Å². The zero-order valence-electron chi connectivity index (χ0n) is 28.0. The molecule has 1 aromatic carbocycles. The summed E-state index contributed by atoms with van der Waals surface area (Å²) in [4.78, 5) is 12.3. The first-order chi connectivity index (χ1) is 22.9. The second-order valence-corrected chi connectivity index (χ2v) is 17.0. The second kappa shape index (κ2) is 13.6. The number of hydrogen-bond donors (Lipinski definition) is 2. The Balaban J connectivity index is 0.973. The number of benzene rings is 1. The summed E-state index contributed by atoms with van der Waals surface area (Å²) in [5, 5.41) is 36.5. The van der Waals surface area contributed by atoms with Crippen molar-refractivity contribution in [3.63, 3.8) is 0 Å². The van der Waals surface area contributed by atoms with Gasteiger partial charge in [-0.05, 0) is 121 Å². The molecule has 4 fully saturated rings. The third-order valence-corrected chi connectivity index (χ3v) is 14.5. The van der Waals surface area contributed by atoms with Crippen molar-refractivity contribution < 1.29 is 42.4 Å². The SMILES string of the molecule is C[C@H](CCC(=O)OC#CCCOc1no[n+]([O-])c1S(=O)(=O)c1ccccc1)[C@H]1CC[C@H]2C3[C@@H](O)C[C@@H]4C[C@H](O)CC[C@]4(C)[C@H]3CC[C@]12C. The zero-order valence-corrected chi connectivity index (χ0v) is 28.9. The molecule has 0 spiro atoms. The van der Waals surface area contributed by atoms with Crippen LogP contribution >= 0.6 is 0 Å². The third kappa shape index (κ3) is 6.34. The maximum absolute atomic E-state index is 12.9. The lowest BCUT2D eigenvalue weighted by atomic mass is 9.43. The predicted molar refractivity (Wildman–Crippen MR) is 172 cm³/mol. The van der Waals surface area contributed by atoms with Gasteiger partial charge in [0.15, 0.2) is 0 Å². The van der Waals surface area contributed by atoms with Crippen LogP contribution in [0.2, 0.25) is 0 Å². The van der Waals surface area contributed by atoms with E-state index >= 15 is 0 Å². The summed E-state index contributed by atoms with van der Waals surface area (Å²) in [7, 11) is -4.22. The van der Waals surface area contributed by atoms with Crippen LogP contribution in [0.1, 0.15) is 91.4 Å². The van der Waals surface area contributed by atoms with E-state index in [0.717, 1.165) is 51.4 Å². The van der Waals surface area contributed by atoms with Crippen molar-refractivity contribution in [2.24, 2.45) is 46.3 Å². The monoisotopic (exact) mass is 684 g/mol. The number of hydrogen-bond acceptors (Lipinski definition) is 10. The molecule has 4 aliphatic carbocycles. The molecule has 0 bridgehead atoms. The number of carbonyl (C=O) groups is 1. The van der Waals surface area contributed by atoms with Crippen LogP contribution in [0.3, 0.4) is 0 Å². The first-order valence-corrected chi connectivity index (χ1v) is 18.9. The van der Waals surface area contributed by atoms with Gasteiger partial charge in [-0.25, -0.2) is 8.42 Å². The summed E-state index contributed by atoms with van der Waals surface area (Å²) in [5.74, 6) is 4.31. The first kappa shape index (κ1) is 34.7. The van der Waals surface area contributed by atoms with Gasteiger partial charge in [0.2, 0.25) is 0 Å². The van der Waals surface area contributed by atoms with E-state index < -0.39 is 26.7 Å². The van der Waals surface area contributed by atoms with Gasteiger partial charge < -0.3 is 24.9 Å². The fourth-order valence-electron chi connectivity index (χ4n) is 10.4. The van der Waals surface area contributed by atoms with E-state index in [9.17, 15) is 28.6 Å². The van der Waals surface area contributed by atoms with E-state index in [-0.39, 0.29) is 52.3 Å². The highest BCUT2D eigenvalue weighted by Crippen LogP contribution is 2.68. The number of esters is 1. The van der Waals surface area contributed by atoms with Crippen molar-refractivity contribution in [3.8, 4) is 17.9 Å². The summed E-state index contributed by atoms with van der Waals surface area (Å²) < 4.78 is 40.7. The standard InChI is InChI=1S/C36H48N2O9S/c1-23(27-12-13-28-32-29(16-18-36(27,28)3)35(2)17-15-25(39)21-24(35)22-30(32)40)11-14-31(41)45-19-7-8-20-46-33-34(38(42)47-37-33)48(43,44)26-9-5-4-6-10-26/h4-6,9-10,23-25,27-30,32,39-40H,8,11-18,20-22H2,1-3H3/t23-,24+,25-,27-,28+,29+,30+,32?,35+,36-/m1/s1. The lowest BCUT2D eigenvalue weighted by molar-refractivity contribution is -0.832. The molecule has 4 aliphatic rings. The van der Waals surface area contributed by atoms with Gasteiger partial charge in [-0.15, -0.1) is 0 Å². The van der Waals surface area contributed by atoms with Crippen LogP contribution in [0.25, 0.3) is 0 Å². The number of aliphatic hydroxyl groups is 2. The molecule has 1 aromatic heterocycles. The van der Waals surface area contributed by atoms with E-state index in [0.29, 0.717) is 41.9 Å². The average molecular weight is 685 g/mol. The fraction of sp³-hybridized carbons (Fsp3) is 0.694. The fourth-order valence-corrected chi connectivity index (χ4v) is 11.7. The van der Waals surface area contributed by atoms with Gasteiger partial charge >= 0.3 is 16.9 Å². The molecule has 0 aliphatic heterocycles. The summed E-state index contributed by atoms with van der Waals surface area (Å²) in [6.07, 6.45) is 11.0. The molecule has 12 heteroatoms. The van der Waals surface area contributed by atoms with Gasteiger partial charge in [0.1, 0.15) is 12.7 Å². The summed E-state index contributed by atoms with van der Waals surface area (Å²) in [6, 6.07) is 7.42. The maximum atomic E-state index is 12.9. The number of aromatic nitrogens is 2. The number of fused-ring (bicyclic) bond motifs is 5. The highest BCUT2D eigenvalue weighted by molar-refractivity contribution is 7.91. The van der Waals surface area contributed by atoms with Gasteiger partial charge in [-0.1, -0.05) is 44.9 Å². The van der Waals surface area contributed by atoms with Crippen molar-refractivity contribution in [3.05, 3.63) is 35.5 Å². The number of ether oxygens (including phenoxy) is 2. The molecule has 1 unspecified atom stereocenters. The van der Waals surface area contributed by atoms with Gasteiger partial charge in [0.25, 0.3) is 9.84 Å². The number of nitrogens with zero attached hydrogens (tertiary/aromatic N) is 2. The Hall–Kier alpha value is -3.14. The smallest absolute Gasteiger partial charge is 0.415 e. The summed E-state index contributed by atoms with van der Waals surface area (Å²) in [6.45, 7) is 6.99. The van der Waals surface area contributed by atoms with Crippen LogP contribution in [0.5, 0.6) is 5.88 Å². The van der Waals surface area contributed by atoms with E-state index in [2.05, 4.69) is 42.6 Å². The molecular formula is C36H48N2O9S. The lowest BCUT2D eigenvalue weighted by Gasteiger charge is -2.62. The van der Waals surface area contributed by atoms with E-state index in [1.54, 1.807) is 6.07 Å². The average Bonchev–Trinajstić information content (AvgIpc) is 3.62. The lowest BCUT2D eigenvalue weighted by Crippen LogP contribution is -2.58. The normalized spacial score (nSPS) is 34.9. The molecule has 1 heterocycles. The molecule has 2 N–H and O–H groups in total. The number of aliphatic hydroxyl groups excluding tert-OH is 2. The zero-order chi connectivity index (χ0) is 34.3. The number of rotatable bonds is 9. The molecule has 0 saturated heterocycles. The van der Waals surface area contributed by atoms with Crippen molar-refractivity contribution in [1.29, 1.82) is 0 Å². The Kier molecular flexibility index (Phi) is 9.86. The summed E-state index contributed by atoms with van der Waals surface area (Å²) >= 11 is 0. The second-order valence-electron chi connectivity index (χ2n) is 15.2. The third-order valence-electron chi connectivity index (χ3n) is 12.8. The Labute approximate surface area is 282 Å². The molecule has 0 amide bonds. The van der Waals surface area contributed by atoms with E-state index in [1.807, 2.05) is 0 Å². The van der Waals surface area contributed by atoms with E-state index in [1.165, 1.54) is 24.3 Å². The minimum absolute atomic E-state index is 0.0937. The van der Waals surface area contributed by atoms with Gasteiger partial charge in [-0.2, -0.15) is 0 Å². The number of carbonyl (C=O) groups excluding carboxylic acids is 1. The Morgan fingerprint density at radius 3 is 2.60 bits per heavy atom. The van der Waals surface area contributed by atoms with E-state index in [4.69, 9.17) is 9.47 Å². The van der Waals surface area contributed by atoms with Crippen molar-refractivity contribution in [2.75, 3.05) is 6.61 Å². The topological polar surface area (TPSA) is 163 Å². The van der Waals surface area contributed by atoms with Crippen molar-refractivity contribution in [1.82, 2.24) is 5.16 Å². The Morgan fingerprint density at radius 1 is 1.10 bits per heavy atom. The Morgan fingerprint density at radius 2 is 1.83 bits per heavy atom. The first-order valence-electron chi connectivity index (χ1n) is 17.4.